The predicted octanol–water partition coefficient (Wildman–Crippen LogP) is 3.41. The Morgan fingerprint density at radius 2 is 2.00 bits per heavy atom. The number of aromatic nitrogens is 2. The summed E-state index contributed by atoms with van der Waals surface area (Å²) in [6.45, 7) is 1.73. The summed E-state index contributed by atoms with van der Waals surface area (Å²) in [6.07, 6.45) is 12.6. The number of amides is 1. The van der Waals surface area contributed by atoms with Crippen LogP contribution in [0.5, 0.6) is 0 Å². The highest BCUT2D eigenvalue weighted by Gasteiger charge is 2.17. The van der Waals surface area contributed by atoms with E-state index in [0.717, 1.165) is 30.0 Å². The third-order valence-electron chi connectivity index (χ3n) is 5.06. The lowest BCUT2D eigenvalue weighted by atomic mass is 9.94. The maximum Gasteiger partial charge on any atom is 0.244 e. The quantitative estimate of drug-likeness (QED) is 0.613. The first-order valence-corrected chi connectivity index (χ1v) is 9.60. The number of nitrogens with one attached hydrogen (secondary N) is 1. The van der Waals surface area contributed by atoms with Crippen molar-refractivity contribution in [3.8, 4) is 0 Å². The molecule has 1 aliphatic carbocycles. The SMILES string of the molecule is CN(CCCNC(=O)/C=C/c1cnc2ccccc2n1)C1CCCCC1. The lowest BCUT2D eigenvalue weighted by molar-refractivity contribution is -0.116. The second-order valence-electron chi connectivity index (χ2n) is 7.03. The number of benzene rings is 1. The topological polar surface area (TPSA) is 58.1 Å². The van der Waals surface area contributed by atoms with E-state index < -0.39 is 0 Å². The third kappa shape index (κ3) is 5.36. The van der Waals surface area contributed by atoms with E-state index >= 15 is 0 Å². The summed E-state index contributed by atoms with van der Waals surface area (Å²) >= 11 is 0. The van der Waals surface area contributed by atoms with Gasteiger partial charge in [0.1, 0.15) is 0 Å². The molecule has 1 saturated carbocycles. The van der Waals surface area contributed by atoms with Gasteiger partial charge in [-0.2, -0.15) is 0 Å². The molecule has 5 nitrogen and oxygen atoms in total. The monoisotopic (exact) mass is 352 g/mol. The Bertz CT molecular complexity index is 753. The van der Waals surface area contributed by atoms with Gasteiger partial charge < -0.3 is 10.2 Å². The zero-order valence-electron chi connectivity index (χ0n) is 15.5. The summed E-state index contributed by atoms with van der Waals surface area (Å²) in [5.74, 6) is -0.0831. The van der Waals surface area contributed by atoms with E-state index in [2.05, 4.69) is 27.2 Å². The average molecular weight is 352 g/mol. The van der Waals surface area contributed by atoms with Crippen molar-refractivity contribution in [1.29, 1.82) is 0 Å². The molecule has 0 bridgehead atoms. The molecule has 1 fully saturated rings. The Morgan fingerprint density at radius 3 is 2.81 bits per heavy atom. The van der Waals surface area contributed by atoms with Crippen LogP contribution < -0.4 is 5.32 Å². The Hall–Kier alpha value is -2.27. The molecular formula is C21H28N4O. The largest absolute Gasteiger partial charge is 0.353 e. The van der Waals surface area contributed by atoms with Gasteiger partial charge in [0.2, 0.25) is 5.91 Å². The molecule has 138 valence electrons. The third-order valence-corrected chi connectivity index (χ3v) is 5.06. The molecule has 0 spiro atoms. The molecule has 0 radical (unpaired) electrons. The molecular weight excluding hydrogens is 324 g/mol. The molecule has 1 aliphatic rings. The summed E-state index contributed by atoms with van der Waals surface area (Å²) in [6, 6.07) is 8.44. The van der Waals surface area contributed by atoms with Crippen LogP contribution in [0.2, 0.25) is 0 Å². The van der Waals surface area contributed by atoms with Crippen LogP contribution in [0.1, 0.15) is 44.2 Å². The Kier molecular flexibility index (Phi) is 6.72. The van der Waals surface area contributed by atoms with Crippen LogP contribution in [-0.2, 0) is 4.79 Å². The molecule has 0 aliphatic heterocycles. The fraction of sp³-hybridized carbons (Fsp3) is 0.476. The molecule has 0 atom stereocenters. The van der Waals surface area contributed by atoms with E-state index in [1.807, 2.05) is 24.3 Å². The smallest absolute Gasteiger partial charge is 0.244 e. The van der Waals surface area contributed by atoms with Crippen molar-refractivity contribution in [2.45, 2.75) is 44.6 Å². The summed E-state index contributed by atoms with van der Waals surface area (Å²) < 4.78 is 0. The first-order chi connectivity index (χ1) is 12.7. The first-order valence-electron chi connectivity index (χ1n) is 9.60. The van der Waals surface area contributed by atoms with Gasteiger partial charge >= 0.3 is 0 Å². The molecule has 1 amide bonds. The van der Waals surface area contributed by atoms with E-state index in [-0.39, 0.29) is 5.91 Å². The highest BCUT2D eigenvalue weighted by molar-refractivity contribution is 5.91. The Morgan fingerprint density at radius 1 is 1.23 bits per heavy atom. The van der Waals surface area contributed by atoms with E-state index in [1.165, 1.54) is 38.2 Å². The van der Waals surface area contributed by atoms with Crippen LogP contribution >= 0.6 is 0 Å². The number of rotatable bonds is 7. The number of hydrogen-bond donors (Lipinski definition) is 1. The summed E-state index contributed by atoms with van der Waals surface area (Å²) in [5, 5.41) is 2.95. The second-order valence-corrected chi connectivity index (χ2v) is 7.03. The minimum atomic E-state index is -0.0831. The molecule has 1 heterocycles. The first kappa shape index (κ1) is 18.5. The average Bonchev–Trinajstić information content (AvgIpc) is 2.70. The van der Waals surface area contributed by atoms with Crippen molar-refractivity contribution in [3.05, 3.63) is 42.2 Å². The van der Waals surface area contributed by atoms with Crippen molar-refractivity contribution >= 4 is 23.0 Å². The van der Waals surface area contributed by atoms with Crippen LogP contribution in [0.15, 0.2) is 36.5 Å². The van der Waals surface area contributed by atoms with E-state index in [1.54, 1.807) is 12.3 Å². The van der Waals surface area contributed by atoms with Gasteiger partial charge in [-0.05, 0) is 51.1 Å². The van der Waals surface area contributed by atoms with Crippen LogP contribution in [0, 0.1) is 0 Å². The molecule has 26 heavy (non-hydrogen) atoms. The second kappa shape index (κ2) is 9.43. The zero-order chi connectivity index (χ0) is 18.2. The predicted molar refractivity (Wildman–Crippen MR) is 106 cm³/mol. The van der Waals surface area contributed by atoms with Crippen LogP contribution in [0.3, 0.4) is 0 Å². The standard InChI is InChI=1S/C21H28N4O/c1-25(18-8-3-2-4-9-18)15-7-14-22-21(26)13-12-17-16-23-19-10-5-6-11-20(19)24-17/h5-6,10-13,16,18H,2-4,7-9,14-15H2,1H3,(H,22,26)/b13-12+. The van der Waals surface area contributed by atoms with Gasteiger partial charge in [-0.3, -0.25) is 9.78 Å². The molecule has 1 aromatic heterocycles. The fourth-order valence-corrected chi connectivity index (χ4v) is 3.52. The zero-order valence-corrected chi connectivity index (χ0v) is 15.5. The van der Waals surface area contributed by atoms with Crippen LogP contribution in [0.4, 0.5) is 0 Å². The van der Waals surface area contributed by atoms with Gasteiger partial charge in [0, 0.05) is 18.7 Å². The molecule has 2 aromatic rings. The van der Waals surface area contributed by atoms with E-state index in [4.69, 9.17) is 0 Å². The van der Waals surface area contributed by atoms with Crippen LogP contribution in [-0.4, -0.2) is 47.0 Å². The van der Waals surface area contributed by atoms with Gasteiger partial charge in [0.15, 0.2) is 0 Å². The minimum Gasteiger partial charge on any atom is -0.353 e. The number of carbonyl (C=O) groups excluding carboxylic acids is 1. The number of hydrogen-bond acceptors (Lipinski definition) is 4. The molecule has 0 saturated heterocycles. The van der Waals surface area contributed by atoms with Crippen LogP contribution in [0.25, 0.3) is 17.1 Å². The van der Waals surface area contributed by atoms with Gasteiger partial charge in [0.25, 0.3) is 0 Å². The van der Waals surface area contributed by atoms with Crippen molar-refractivity contribution in [2.75, 3.05) is 20.1 Å². The fourth-order valence-electron chi connectivity index (χ4n) is 3.52. The summed E-state index contributed by atoms with van der Waals surface area (Å²) in [4.78, 5) is 23.2. The summed E-state index contributed by atoms with van der Waals surface area (Å²) in [7, 11) is 2.20. The lowest BCUT2D eigenvalue weighted by Crippen LogP contribution is -2.35. The number of nitrogens with zero attached hydrogens (tertiary/aromatic N) is 3. The Balaban J connectivity index is 1.39. The Labute approximate surface area is 155 Å². The van der Waals surface area contributed by atoms with Crippen molar-refractivity contribution in [1.82, 2.24) is 20.2 Å². The van der Waals surface area contributed by atoms with Crippen molar-refractivity contribution in [3.63, 3.8) is 0 Å². The molecule has 5 heteroatoms. The van der Waals surface area contributed by atoms with Gasteiger partial charge in [-0.15, -0.1) is 0 Å². The van der Waals surface area contributed by atoms with Crippen molar-refractivity contribution < 1.29 is 4.79 Å². The highest BCUT2D eigenvalue weighted by atomic mass is 16.1. The van der Waals surface area contributed by atoms with E-state index in [9.17, 15) is 4.79 Å². The number of fused-ring (bicyclic) bond motifs is 1. The van der Waals surface area contributed by atoms with E-state index in [0.29, 0.717) is 12.2 Å². The van der Waals surface area contributed by atoms with Gasteiger partial charge in [-0.25, -0.2) is 4.98 Å². The maximum atomic E-state index is 12.0. The van der Waals surface area contributed by atoms with Gasteiger partial charge in [0.05, 0.1) is 22.9 Å². The lowest BCUT2D eigenvalue weighted by Gasteiger charge is -2.31. The molecule has 3 rings (SSSR count). The highest BCUT2D eigenvalue weighted by Crippen LogP contribution is 2.21. The molecule has 0 unspecified atom stereocenters. The maximum absolute atomic E-state index is 12.0. The molecule has 1 aromatic carbocycles. The number of para-hydroxylation sites is 2. The van der Waals surface area contributed by atoms with Gasteiger partial charge in [-0.1, -0.05) is 31.4 Å². The minimum absolute atomic E-state index is 0.0831. The normalized spacial score (nSPS) is 15.8. The number of carbonyl (C=O) groups is 1. The molecule has 1 N–H and O–H groups in total. The van der Waals surface area contributed by atoms with Crippen molar-refractivity contribution in [2.24, 2.45) is 0 Å². The summed E-state index contributed by atoms with van der Waals surface area (Å²) in [5.41, 5.74) is 2.38.